The van der Waals surface area contributed by atoms with Crippen molar-refractivity contribution in [2.24, 2.45) is 0 Å². The van der Waals surface area contributed by atoms with Crippen molar-refractivity contribution in [3.63, 3.8) is 0 Å². The summed E-state index contributed by atoms with van der Waals surface area (Å²) in [5, 5.41) is 4.16. The Bertz CT molecular complexity index is 1240. The first-order valence-electron chi connectivity index (χ1n) is 8.83. The minimum atomic E-state index is -0.121. The van der Waals surface area contributed by atoms with Gasteiger partial charge in [-0.3, -0.25) is 9.13 Å². The molecule has 6 nitrogen and oxygen atoms in total. The lowest BCUT2D eigenvalue weighted by atomic mass is 10.2. The van der Waals surface area contributed by atoms with Crippen LogP contribution in [0.25, 0.3) is 22.7 Å². The lowest BCUT2D eigenvalue weighted by Crippen LogP contribution is -2.22. The predicted molar refractivity (Wildman–Crippen MR) is 113 cm³/mol. The minimum absolute atomic E-state index is 0.121. The van der Waals surface area contributed by atoms with E-state index in [9.17, 15) is 4.79 Å². The van der Waals surface area contributed by atoms with Crippen LogP contribution in [0.5, 0.6) is 0 Å². The maximum atomic E-state index is 12.6. The highest BCUT2D eigenvalue weighted by atomic mass is 16.1. The normalized spacial score (nSPS) is 10.7. The van der Waals surface area contributed by atoms with E-state index in [0.717, 1.165) is 27.8 Å². The Balaban J connectivity index is 1.78. The van der Waals surface area contributed by atoms with Gasteiger partial charge in [-0.25, -0.2) is 14.8 Å². The Hall–Kier alpha value is -3.93. The van der Waals surface area contributed by atoms with Gasteiger partial charge in [-0.1, -0.05) is 30.9 Å². The number of aromatic nitrogens is 4. The maximum absolute atomic E-state index is 12.6. The molecule has 0 aliphatic rings. The molecule has 2 aromatic carbocycles. The Morgan fingerprint density at radius 2 is 1.96 bits per heavy atom. The Kier molecular flexibility index (Phi) is 4.60. The lowest BCUT2D eigenvalue weighted by Gasteiger charge is -2.10. The molecular weight excluding hydrogens is 350 g/mol. The standard InChI is InChI=1S/C22H19N5O/c1-3-10-26-11-12-27(22(26)28)18-8-9-20-19(14-18)21(24-15-23-20)25-17-7-5-6-16(4-2)13-17/h3-9,11-15H,1-2,10H2,(H,23,24,25). The first-order valence-corrected chi connectivity index (χ1v) is 8.83. The molecular formula is C22H19N5O. The second kappa shape index (κ2) is 7.36. The monoisotopic (exact) mass is 369 g/mol. The fourth-order valence-corrected chi connectivity index (χ4v) is 3.06. The summed E-state index contributed by atoms with van der Waals surface area (Å²) in [5.41, 5.74) is 3.33. The van der Waals surface area contributed by atoms with E-state index in [2.05, 4.69) is 28.4 Å². The van der Waals surface area contributed by atoms with E-state index in [-0.39, 0.29) is 5.69 Å². The van der Waals surface area contributed by atoms with Gasteiger partial charge in [0.1, 0.15) is 12.1 Å². The van der Waals surface area contributed by atoms with Crippen LogP contribution in [-0.2, 0) is 6.54 Å². The molecule has 0 saturated heterocycles. The van der Waals surface area contributed by atoms with Gasteiger partial charge in [0, 0.05) is 30.0 Å². The number of nitrogens with one attached hydrogen (secondary N) is 1. The summed E-state index contributed by atoms with van der Waals surface area (Å²) < 4.78 is 3.19. The van der Waals surface area contributed by atoms with Crippen molar-refractivity contribution in [3.8, 4) is 5.69 Å². The van der Waals surface area contributed by atoms with Gasteiger partial charge >= 0.3 is 5.69 Å². The van der Waals surface area contributed by atoms with Gasteiger partial charge < -0.3 is 5.32 Å². The molecule has 0 atom stereocenters. The Morgan fingerprint density at radius 1 is 1.07 bits per heavy atom. The zero-order valence-electron chi connectivity index (χ0n) is 15.2. The average Bonchev–Trinajstić information content (AvgIpc) is 3.09. The summed E-state index contributed by atoms with van der Waals surface area (Å²) in [5.74, 6) is 0.673. The van der Waals surface area contributed by atoms with Crippen LogP contribution >= 0.6 is 0 Å². The second-order valence-electron chi connectivity index (χ2n) is 6.27. The van der Waals surface area contributed by atoms with Crippen molar-refractivity contribution in [2.45, 2.75) is 6.54 Å². The molecule has 6 heteroatoms. The van der Waals surface area contributed by atoms with Gasteiger partial charge in [-0.15, -0.1) is 6.58 Å². The van der Waals surface area contributed by atoms with Gasteiger partial charge in [0.05, 0.1) is 11.2 Å². The Morgan fingerprint density at radius 3 is 2.79 bits per heavy atom. The van der Waals surface area contributed by atoms with Crippen LogP contribution in [0, 0.1) is 0 Å². The maximum Gasteiger partial charge on any atom is 0.333 e. The number of imidazole rings is 1. The van der Waals surface area contributed by atoms with Crippen molar-refractivity contribution in [2.75, 3.05) is 5.32 Å². The highest BCUT2D eigenvalue weighted by molar-refractivity contribution is 5.92. The Labute approximate surface area is 162 Å². The number of allylic oxidation sites excluding steroid dienone is 1. The molecule has 0 aliphatic carbocycles. The summed E-state index contributed by atoms with van der Waals surface area (Å²) in [6.07, 6.45) is 8.50. The molecule has 0 saturated carbocycles. The number of rotatable bonds is 6. The molecule has 2 aromatic heterocycles. The summed E-state index contributed by atoms with van der Waals surface area (Å²) in [6, 6.07) is 13.6. The zero-order chi connectivity index (χ0) is 19.5. The SMILES string of the molecule is C=CCn1ccn(-c2ccc3ncnc(Nc4cccc(C=C)c4)c3c2)c1=O. The van der Waals surface area contributed by atoms with Crippen molar-refractivity contribution in [3.05, 3.63) is 96.5 Å². The summed E-state index contributed by atoms with van der Waals surface area (Å²) in [7, 11) is 0. The van der Waals surface area contributed by atoms with Crippen molar-refractivity contribution in [1.82, 2.24) is 19.1 Å². The first kappa shape index (κ1) is 17.5. The van der Waals surface area contributed by atoms with Crippen molar-refractivity contribution < 1.29 is 0 Å². The summed E-state index contributed by atoms with van der Waals surface area (Å²) >= 11 is 0. The van der Waals surface area contributed by atoms with Gasteiger partial charge in [0.2, 0.25) is 0 Å². The first-order chi connectivity index (χ1) is 13.7. The molecule has 138 valence electrons. The van der Waals surface area contributed by atoms with Gasteiger partial charge in [0.25, 0.3) is 0 Å². The molecule has 0 unspecified atom stereocenters. The van der Waals surface area contributed by atoms with Gasteiger partial charge in [0.15, 0.2) is 0 Å². The molecule has 1 N–H and O–H groups in total. The molecule has 0 radical (unpaired) electrons. The second-order valence-corrected chi connectivity index (χ2v) is 6.27. The molecule has 28 heavy (non-hydrogen) atoms. The molecule has 4 aromatic rings. The molecule has 0 spiro atoms. The molecule has 0 amide bonds. The molecule has 0 fully saturated rings. The van der Waals surface area contributed by atoms with E-state index in [0.29, 0.717) is 12.4 Å². The van der Waals surface area contributed by atoms with E-state index in [1.54, 1.807) is 33.7 Å². The number of benzene rings is 2. The number of hydrogen-bond acceptors (Lipinski definition) is 4. The number of fused-ring (bicyclic) bond motifs is 1. The predicted octanol–water partition coefficient (Wildman–Crippen LogP) is 4.15. The van der Waals surface area contributed by atoms with E-state index in [1.807, 2.05) is 42.5 Å². The van der Waals surface area contributed by atoms with Crippen LogP contribution in [0.1, 0.15) is 5.56 Å². The third-order valence-corrected chi connectivity index (χ3v) is 4.46. The molecule has 0 bridgehead atoms. The number of hydrogen-bond donors (Lipinski definition) is 1. The fourth-order valence-electron chi connectivity index (χ4n) is 3.06. The van der Waals surface area contributed by atoms with E-state index in [1.165, 1.54) is 6.33 Å². The van der Waals surface area contributed by atoms with Crippen LogP contribution in [0.3, 0.4) is 0 Å². The molecule has 2 heterocycles. The quantitative estimate of drug-likeness (QED) is 0.519. The largest absolute Gasteiger partial charge is 0.340 e. The topological polar surface area (TPSA) is 64.7 Å². The van der Waals surface area contributed by atoms with Crippen LogP contribution < -0.4 is 11.0 Å². The lowest BCUT2D eigenvalue weighted by molar-refractivity contribution is 0.760. The van der Waals surface area contributed by atoms with Crippen LogP contribution in [-0.4, -0.2) is 19.1 Å². The van der Waals surface area contributed by atoms with Crippen LogP contribution in [0.15, 0.2) is 85.2 Å². The summed E-state index contributed by atoms with van der Waals surface area (Å²) in [4.78, 5) is 21.3. The fraction of sp³-hybridized carbons (Fsp3) is 0.0455. The number of nitrogens with zero attached hydrogens (tertiary/aromatic N) is 4. The van der Waals surface area contributed by atoms with Crippen molar-refractivity contribution in [1.29, 1.82) is 0 Å². The number of anilines is 2. The smallest absolute Gasteiger partial charge is 0.333 e. The van der Waals surface area contributed by atoms with Gasteiger partial charge in [-0.05, 0) is 35.9 Å². The highest BCUT2D eigenvalue weighted by Gasteiger charge is 2.09. The molecule has 0 aliphatic heterocycles. The van der Waals surface area contributed by atoms with E-state index >= 15 is 0 Å². The summed E-state index contributed by atoms with van der Waals surface area (Å²) in [6.45, 7) is 7.95. The zero-order valence-corrected chi connectivity index (χ0v) is 15.2. The molecule has 4 rings (SSSR count). The third kappa shape index (κ3) is 3.23. The van der Waals surface area contributed by atoms with E-state index < -0.39 is 0 Å². The third-order valence-electron chi connectivity index (χ3n) is 4.46. The van der Waals surface area contributed by atoms with Crippen LogP contribution in [0.2, 0.25) is 0 Å². The van der Waals surface area contributed by atoms with Crippen molar-refractivity contribution >= 4 is 28.5 Å². The average molecular weight is 369 g/mol. The highest BCUT2D eigenvalue weighted by Crippen LogP contribution is 2.25. The van der Waals surface area contributed by atoms with E-state index in [4.69, 9.17) is 0 Å². The van der Waals surface area contributed by atoms with Gasteiger partial charge in [-0.2, -0.15) is 0 Å². The van der Waals surface area contributed by atoms with Crippen LogP contribution in [0.4, 0.5) is 11.5 Å². The minimum Gasteiger partial charge on any atom is -0.340 e.